The van der Waals surface area contributed by atoms with E-state index < -0.39 is 11.6 Å². The molecule has 0 N–H and O–H groups in total. The highest BCUT2D eigenvalue weighted by Gasteiger charge is 2.15. The highest BCUT2D eigenvalue weighted by molar-refractivity contribution is 14.1. The maximum atomic E-state index is 13.2. The van der Waals surface area contributed by atoms with Gasteiger partial charge >= 0.3 is 0 Å². The zero-order chi connectivity index (χ0) is 13.3. The summed E-state index contributed by atoms with van der Waals surface area (Å²) in [4.78, 5) is -0.169. The largest absolute Gasteiger partial charge is 0.204 e. The molecule has 94 valence electrons. The minimum Gasteiger partial charge on any atom is -0.204 e. The number of hydrogen-bond donors (Lipinski definition) is 0. The van der Waals surface area contributed by atoms with Crippen LogP contribution in [0.25, 0.3) is 0 Å². The summed E-state index contributed by atoms with van der Waals surface area (Å²) in [5.41, 5.74) is 1.70. The number of alkyl halides is 1. The second-order valence-corrected chi connectivity index (χ2v) is 6.70. The summed E-state index contributed by atoms with van der Waals surface area (Å²) in [6.45, 7) is 0. The number of benzene rings is 2. The molecule has 0 aliphatic rings. The highest BCUT2D eigenvalue weighted by Crippen LogP contribution is 2.35. The van der Waals surface area contributed by atoms with E-state index in [1.54, 1.807) is 6.07 Å². The van der Waals surface area contributed by atoms with Gasteiger partial charge in [-0.25, -0.2) is 8.78 Å². The quantitative estimate of drug-likeness (QED) is 0.370. The van der Waals surface area contributed by atoms with E-state index >= 15 is 0 Å². The van der Waals surface area contributed by atoms with E-state index in [1.807, 2.05) is 18.2 Å². The van der Waals surface area contributed by atoms with Crippen LogP contribution in [0, 0.1) is 15.2 Å². The molecule has 18 heavy (non-hydrogen) atoms. The van der Waals surface area contributed by atoms with E-state index in [4.69, 9.17) is 0 Å². The van der Waals surface area contributed by atoms with Gasteiger partial charge in [-0.3, -0.25) is 0 Å². The van der Waals surface area contributed by atoms with Crippen LogP contribution >= 0.6 is 54.5 Å². The summed E-state index contributed by atoms with van der Waals surface area (Å²) in [6.07, 6.45) is 0. The Morgan fingerprint density at radius 1 is 1.00 bits per heavy atom. The summed E-state index contributed by atoms with van der Waals surface area (Å²) >= 11 is 9.14. The van der Waals surface area contributed by atoms with E-state index in [0.717, 1.165) is 19.7 Å². The first-order valence-electron chi connectivity index (χ1n) is 5.03. The third kappa shape index (κ3) is 3.11. The Bertz CT molecular complexity index is 587. The lowest BCUT2D eigenvalue weighted by atomic mass is 10.0. The van der Waals surface area contributed by atoms with Crippen molar-refractivity contribution < 1.29 is 8.78 Å². The van der Waals surface area contributed by atoms with Crippen molar-refractivity contribution in [3.63, 3.8) is 0 Å². The van der Waals surface area contributed by atoms with E-state index in [1.165, 1.54) is 6.07 Å². The van der Waals surface area contributed by atoms with E-state index in [0.29, 0.717) is 5.56 Å². The summed E-state index contributed by atoms with van der Waals surface area (Å²) in [5.74, 6) is -1.66. The Hall–Kier alpha value is -0.0100. The topological polar surface area (TPSA) is 0 Å². The van der Waals surface area contributed by atoms with Gasteiger partial charge in [0.2, 0.25) is 0 Å². The molecule has 0 fully saturated rings. The zero-order valence-corrected chi connectivity index (χ0v) is 14.3. The van der Waals surface area contributed by atoms with Crippen LogP contribution in [-0.4, -0.2) is 0 Å². The molecule has 2 aromatic carbocycles. The summed E-state index contributed by atoms with van der Waals surface area (Å²) in [5, 5.41) is 0. The molecule has 0 saturated heterocycles. The summed E-state index contributed by atoms with van der Waals surface area (Å²) in [6, 6.07) is 9.80. The summed E-state index contributed by atoms with van der Waals surface area (Å²) in [7, 11) is 0. The van der Waals surface area contributed by atoms with Crippen molar-refractivity contribution >= 4 is 54.5 Å². The fraction of sp³-hybridized carbons (Fsp3) is 0.0769. The SMILES string of the molecule is Fc1ccc(C(Br)c2cc(Br)ccc2I)cc1F. The molecule has 0 aromatic heterocycles. The third-order valence-electron chi connectivity index (χ3n) is 2.47. The van der Waals surface area contributed by atoms with Crippen molar-refractivity contribution in [2.24, 2.45) is 0 Å². The van der Waals surface area contributed by atoms with Crippen molar-refractivity contribution in [2.45, 2.75) is 4.83 Å². The average molecular weight is 488 g/mol. The van der Waals surface area contributed by atoms with Crippen molar-refractivity contribution in [1.29, 1.82) is 0 Å². The molecule has 5 heteroatoms. The van der Waals surface area contributed by atoms with Crippen LogP contribution in [0.2, 0.25) is 0 Å². The predicted octanol–water partition coefficient (Wildman–Crippen LogP) is 5.82. The van der Waals surface area contributed by atoms with Gasteiger partial charge in [-0.05, 0) is 64.0 Å². The van der Waals surface area contributed by atoms with Crippen molar-refractivity contribution in [3.8, 4) is 0 Å². The van der Waals surface area contributed by atoms with Gasteiger partial charge in [0, 0.05) is 8.04 Å². The fourth-order valence-electron chi connectivity index (χ4n) is 1.56. The van der Waals surface area contributed by atoms with Crippen LogP contribution in [0.1, 0.15) is 16.0 Å². The molecule has 0 heterocycles. The Labute approximate surface area is 134 Å². The van der Waals surface area contributed by atoms with Gasteiger partial charge < -0.3 is 0 Å². The van der Waals surface area contributed by atoms with Gasteiger partial charge in [0.1, 0.15) is 0 Å². The lowest BCUT2D eigenvalue weighted by molar-refractivity contribution is 0.507. The Kier molecular flexibility index (Phi) is 4.77. The highest BCUT2D eigenvalue weighted by atomic mass is 127. The molecule has 0 aliphatic carbocycles. The summed E-state index contributed by atoms with van der Waals surface area (Å²) < 4.78 is 28.1. The van der Waals surface area contributed by atoms with Gasteiger partial charge in [0.25, 0.3) is 0 Å². The average Bonchev–Trinajstić information content (AvgIpc) is 2.35. The van der Waals surface area contributed by atoms with Gasteiger partial charge in [-0.15, -0.1) is 0 Å². The molecular formula is C13H7Br2F2I. The Morgan fingerprint density at radius 3 is 2.39 bits per heavy atom. The molecule has 2 aromatic rings. The first-order valence-corrected chi connectivity index (χ1v) is 7.81. The smallest absolute Gasteiger partial charge is 0.159 e. The molecule has 1 unspecified atom stereocenters. The van der Waals surface area contributed by atoms with Crippen LogP contribution in [0.5, 0.6) is 0 Å². The predicted molar refractivity (Wildman–Crippen MR) is 84.0 cm³/mol. The van der Waals surface area contributed by atoms with Crippen LogP contribution in [0.15, 0.2) is 40.9 Å². The number of rotatable bonds is 2. The molecule has 0 spiro atoms. The molecule has 2 rings (SSSR count). The molecule has 0 aliphatic heterocycles. The fourth-order valence-corrected chi connectivity index (χ4v) is 3.68. The standard InChI is InChI=1S/C13H7Br2F2I/c14-8-2-4-12(18)9(6-8)13(15)7-1-3-10(16)11(17)5-7/h1-6,13H. The lowest BCUT2D eigenvalue weighted by Crippen LogP contribution is -1.97. The Morgan fingerprint density at radius 2 is 1.72 bits per heavy atom. The maximum absolute atomic E-state index is 13.2. The third-order valence-corrected chi connectivity index (χ3v) is 4.96. The Balaban J connectivity index is 2.44. The molecule has 0 nitrogen and oxygen atoms in total. The normalized spacial score (nSPS) is 12.5. The van der Waals surface area contributed by atoms with Gasteiger partial charge in [0.15, 0.2) is 11.6 Å². The number of hydrogen-bond acceptors (Lipinski definition) is 0. The van der Waals surface area contributed by atoms with E-state index in [-0.39, 0.29) is 4.83 Å². The van der Waals surface area contributed by atoms with Crippen LogP contribution in [0.4, 0.5) is 8.78 Å². The molecule has 1 atom stereocenters. The zero-order valence-electron chi connectivity index (χ0n) is 8.93. The van der Waals surface area contributed by atoms with Crippen molar-refractivity contribution in [1.82, 2.24) is 0 Å². The van der Waals surface area contributed by atoms with E-state index in [2.05, 4.69) is 54.5 Å². The molecule has 0 amide bonds. The lowest BCUT2D eigenvalue weighted by Gasteiger charge is -2.13. The van der Waals surface area contributed by atoms with Gasteiger partial charge in [-0.1, -0.05) is 37.9 Å². The second kappa shape index (κ2) is 5.96. The van der Waals surface area contributed by atoms with Crippen molar-refractivity contribution in [2.75, 3.05) is 0 Å². The molecule has 0 bridgehead atoms. The second-order valence-electron chi connectivity index (χ2n) is 3.70. The number of halogens is 5. The maximum Gasteiger partial charge on any atom is 0.159 e. The van der Waals surface area contributed by atoms with E-state index in [9.17, 15) is 8.78 Å². The molecular weight excluding hydrogens is 481 g/mol. The molecule has 0 radical (unpaired) electrons. The minimum atomic E-state index is -0.832. The van der Waals surface area contributed by atoms with Crippen LogP contribution in [0.3, 0.4) is 0 Å². The van der Waals surface area contributed by atoms with Crippen LogP contribution < -0.4 is 0 Å². The first kappa shape index (κ1) is 14.4. The first-order chi connectivity index (χ1) is 8.49. The van der Waals surface area contributed by atoms with Gasteiger partial charge in [0.05, 0.1) is 4.83 Å². The minimum absolute atomic E-state index is 0.169. The molecule has 0 saturated carbocycles. The van der Waals surface area contributed by atoms with Crippen LogP contribution in [-0.2, 0) is 0 Å². The monoisotopic (exact) mass is 486 g/mol. The van der Waals surface area contributed by atoms with Crippen molar-refractivity contribution in [3.05, 3.63) is 67.2 Å². The van der Waals surface area contributed by atoms with Gasteiger partial charge in [-0.2, -0.15) is 0 Å².